The Morgan fingerprint density at radius 3 is 2.77 bits per heavy atom. The van der Waals surface area contributed by atoms with Crippen LogP contribution in [0.3, 0.4) is 0 Å². The van der Waals surface area contributed by atoms with E-state index in [1.165, 1.54) is 11.1 Å². The smallest absolute Gasteiger partial charge is 0.137 e. The van der Waals surface area contributed by atoms with Gasteiger partial charge in [-0.05, 0) is 24.0 Å². The zero-order chi connectivity index (χ0) is 20.5. The van der Waals surface area contributed by atoms with Crippen LogP contribution in [0.4, 0.5) is 17.5 Å². The number of benzene rings is 1. The van der Waals surface area contributed by atoms with Crippen molar-refractivity contribution in [3.8, 4) is 0 Å². The van der Waals surface area contributed by atoms with Crippen molar-refractivity contribution in [2.45, 2.75) is 31.5 Å². The molecule has 30 heavy (non-hydrogen) atoms. The van der Waals surface area contributed by atoms with Crippen molar-refractivity contribution in [1.82, 2.24) is 24.6 Å². The first kappa shape index (κ1) is 19.0. The largest absolute Gasteiger partial charge is 0.390 e. The average molecular weight is 406 g/mol. The Bertz CT molecular complexity index is 1020. The van der Waals surface area contributed by atoms with Gasteiger partial charge in [0.1, 0.15) is 23.8 Å². The van der Waals surface area contributed by atoms with Gasteiger partial charge in [-0.1, -0.05) is 24.3 Å². The Morgan fingerprint density at radius 1 is 1.10 bits per heavy atom. The SMILES string of the molecule is Cn1nccc1Nc1cc(N2CC[C@@H](N3CCc4ccccc4C3)[C@H](O)C2)ncn1. The first-order chi connectivity index (χ1) is 14.7. The molecule has 8 heteroatoms. The third kappa shape index (κ3) is 3.76. The summed E-state index contributed by atoms with van der Waals surface area (Å²) in [6, 6.07) is 12.7. The van der Waals surface area contributed by atoms with Crippen molar-refractivity contribution in [1.29, 1.82) is 0 Å². The standard InChI is InChI=1S/C22H27N7O/c1-27-21(6-9-25-27)26-20-12-22(24-15-23-20)29-11-8-18(19(30)14-29)28-10-7-16-4-2-3-5-17(16)13-28/h2-6,9,12,15,18-19,30H,7-8,10-11,13-14H2,1H3,(H,23,24,26)/t18-,19-/m1/s1. The zero-order valence-corrected chi connectivity index (χ0v) is 17.1. The molecule has 0 radical (unpaired) electrons. The Hall–Kier alpha value is -2.97. The van der Waals surface area contributed by atoms with Crippen molar-refractivity contribution in [2.75, 3.05) is 29.9 Å². The number of anilines is 3. The van der Waals surface area contributed by atoms with Gasteiger partial charge < -0.3 is 15.3 Å². The van der Waals surface area contributed by atoms with E-state index in [-0.39, 0.29) is 6.04 Å². The molecule has 4 heterocycles. The number of β-amino-alcohol motifs (C(OH)–C–C–N with tert-alkyl or cyclic N) is 1. The molecule has 0 saturated carbocycles. The maximum atomic E-state index is 11.0. The van der Waals surface area contributed by atoms with E-state index in [2.05, 4.69) is 54.4 Å². The third-order valence-electron chi connectivity index (χ3n) is 6.23. The predicted molar refractivity (Wildman–Crippen MR) is 116 cm³/mol. The number of aryl methyl sites for hydroxylation is 1. The molecule has 5 rings (SSSR count). The van der Waals surface area contributed by atoms with Gasteiger partial charge in [0.15, 0.2) is 0 Å². The first-order valence-corrected chi connectivity index (χ1v) is 10.5. The van der Waals surface area contributed by atoms with Crippen LogP contribution in [0.25, 0.3) is 0 Å². The quantitative estimate of drug-likeness (QED) is 0.687. The highest BCUT2D eigenvalue weighted by atomic mass is 16.3. The molecular weight excluding hydrogens is 378 g/mol. The summed E-state index contributed by atoms with van der Waals surface area (Å²) in [4.78, 5) is 13.4. The van der Waals surface area contributed by atoms with E-state index in [1.54, 1.807) is 17.2 Å². The van der Waals surface area contributed by atoms with Crippen LogP contribution in [0.15, 0.2) is 48.9 Å². The van der Waals surface area contributed by atoms with Gasteiger partial charge in [-0.2, -0.15) is 5.10 Å². The highest BCUT2D eigenvalue weighted by molar-refractivity contribution is 5.56. The summed E-state index contributed by atoms with van der Waals surface area (Å²) in [5.41, 5.74) is 2.83. The summed E-state index contributed by atoms with van der Waals surface area (Å²) in [5, 5.41) is 18.4. The summed E-state index contributed by atoms with van der Waals surface area (Å²) >= 11 is 0. The van der Waals surface area contributed by atoms with Gasteiger partial charge in [0.05, 0.1) is 12.3 Å². The fraction of sp³-hybridized carbons (Fsp3) is 0.409. The summed E-state index contributed by atoms with van der Waals surface area (Å²) in [5.74, 6) is 2.41. The van der Waals surface area contributed by atoms with E-state index < -0.39 is 6.10 Å². The lowest BCUT2D eigenvalue weighted by molar-refractivity contribution is 0.0293. The topological polar surface area (TPSA) is 82.3 Å². The molecule has 0 spiro atoms. The van der Waals surface area contributed by atoms with E-state index in [1.807, 2.05) is 19.2 Å². The maximum absolute atomic E-state index is 11.0. The van der Waals surface area contributed by atoms with Gasteiger partial charge in [0, 0.05) is 51.4 Å². The Kier molecular flexibility index (Phi) is 5.10. The molecule has 2 N–H and O–H groups in total. The molecule has 2 aliphatic heterocycles. The fourth-order valence-corrected chi connectivity index (χ4v) is 4.57. The molecule has 156 valence electrons. The van der Waals surface area contributed by atoms with Gasteiger partial charge in [-0.3, -0.25) is 9.58 Å². The molecule has 0 aliphatic carbocycles. The second kappa shape index (κ2) is 8.04. The molecule has 2 aliphatic rings. The van der Waals surface area contributed by atoms with Gasteiger partial charge in [-0.15, -0.1) is 0 Å². The van der Waals surface area contributed by atoms with Crippen LogP contribution in [0.2, 0.25) is 0 Å². The van der Waals surface area contributed by atoms with E-state index in [0.29, 0.717) is 12.4 Å². The Labute approximate surface area is 176 Å². The molecule has 1 aromatic carbocycles. The monoisotopic (exact) mass is 405 g/mol. The van der Waals surface area contributed by atoms with Crippen LogP contribution in [-0.2, 0) is 20.0 Å². The van der Waals surface area contributed by atoms with Crippen LogP contribution in [0.5, 0.6) is 0 Å². The van der Waals surface area contributed by atoms with Crippen LogP contribution < -0.4 is 10.2 Å². The number of nitrogens with one attached hydrogen (secondary N) is 1. The third-order valence-corrected chi connectivity index (χ3v) is 6.23. The molecule has 1 saturated heterocycles. The van der Waals surface area contributed by atoms with Gasteiger partial charge in [0.2, 0.25) is 0 Å². The number of fused-ring (bicyclic) bond motifs is 1. The molecule has 8 nitrogen and oxygen atoms in total. The van der Waals surface area contributed by atoms with E-state index in [0.717, 1.165) is 44.1 Å². The molecule has 0 bridgehead atoms. The number of hydrogen-bond donors (Lipinski definition) is 2. The van der Waals surface area contributed by atoms with Crippen molar-refractivity contribution < 1.29 is 5.11 Å². The number of aromatic nitrogens is 4. The lowest BCUT2D eigenvalue weighted by Gasteiger charge is -2.43. The molecule has 1 fully saturated rings. The average Bonchev–Trinajstić information content (AvgIpc) is 3.18. The number of aliphatic hydroxyl groups is 1. The number of piperidine rings is 1. The second-order valence-corrected chi connectivity index (χ2v) is 8.09. The second-order valence-electron chi connectivity index (χ2n) is 8.09. The van der Waals surface area contributed by atoms with Crippen molar-refractivity contribution in [3.05, 3.63) is 60.0 Å². The van der Waals surface area contributed by atoms with Gasteiger partial charge in [-0.25, -0.2) is 9.97 Å². The van der Waals surface area contributed by atoms with E-state index >= 15 is 0 Å². The molecular formula is C22H27N7O. The van der Waals surface area contributed by atoms with Crippen molar-refractivity contribution in [2.24, 2.45) is 7.05 Å². The predicted octanol–water partition coefficient (Wildman–Crippen LogP) is 1.95. The van der Waals surface area contributed by atoms with Crippen LogP contribution in [0.1, 0.15) is 17.5 Å². The van der Waals surface area contributed by atoms with E-state index in [9.17, 15) is 5.11 Å². The van der Waals surface area contributed by atoms with Crippen LogP contribution >= 0.6 is 0 Å². The lowest BCUT2D eigenvalue weighted by Crippen LogP contribution is -2.55. The van der Waals surface area contributed by atoms with Crippen molar-refractivity contribution >= 4 is 17.5 Å². The molecule has 0 unspecified atom stereocenters. The Morgan fingerprint density at radius 2 is 1.97 bits per heavy atom. The number of nitrogens with zero attached hydrogens (tertiary/aromatic N) is 6. The van der Waals surface area contributed by atoms with Crippen LogP contribution in [-0.4, -0.2) is 61.5 Å². The highest BCUT2D eigenvalue weighted by Crippen LogP contribution is 2.27. The number of rotatable bonds is 4. The van der Waals surface area contributed by atoms with Gasteiger partial charge >= 0.3 is 0 Å². The maximum Gasteiger partial charge on any atom is 0.137 e. The zero-order valence-electron chi connectivity index (χ0n) is 17.1. The number of aliphatic hydroxyl groups excluding tert-OH is 1. The molecule has 0 amide bonds. The minimum atomic E-state index is -0.410. The summed E-state index contributed by atoms with van der Waals surface area (Å²) in [6.07, 6.45) is 4.86. The lowest BCUT2D eigenvalue weighted by atomic mass is 9.94. The van der Waals surface area contributed by atoms with Crippen molar-refractivity contribution in [3.63, 3.8) is 0 Å². The summed E-state index contributed by atoms with van der Waals surface area (Å²) in [7, 11) is 1.88. The number of hydrogen-bond acceptors (Lipinski definition) is 7. The Balaban J connectivity index is 1.25. The van der Waals surface area contributed by atoms with E-state index in [4.69, 9.17) is 0 Å². The normalized spacial score (nSPS) is 22.0. The van der Waals surface area contributed by atoms with Crippen LogP contribution in [0, 0.1) is 0 Å². The minimum absolute atomic E-state index is 0.184. The highest BCUT2D eigenvalue weighted by Gasteiger charge is 2.34. The molecule has 2 atom stereocenters. The minimum Gasteiger partial charge on any atom is -0.390 e. The molecule has 2 aromatic heterocycles. The summed E-state index contributed by atoms with van der Waals surface area (Å²) < 4.78 is 1.76. The first-order valence-electron chi connectivity index (χ1n) is 10.5. The molecule has 3 aromatic rings. The van der Waals surface area contributed by atoms with Gasteiger partial charge in [0.25, 0.3) is 0 Å². The summed E-state index contributed by atoms with van der Waals surface area (Å²) in [6.45, 7) is 3.36. The fourth-order valence-electron chi connectivity index (χ4n) is 4.57.